The van der Waals surface area contributed by atoms with Crippen molar-refractivity contribution in [2.45, 2.75) is 45.3 Å². The van der Waals surface area contributed by atoms with Gasteiger partial charge in [-0.25, -0.2) is 0 Å². The molecule has 1 aromatic carbocycles. The van der Waals surface area contributed by atoms with Crippen LogP contribution in [0.4, 0.5) is 0 Å². The Balaban J connectivity index is 2.69. The minimum atomic E-state index is -1.27. The van der Waals surface area contributed by atoms with Gasteiger partial charge in [-0.15, -0.1) is 11.5 Å². The summed E-state index contributed by atoms with van der Waals surface area (Å²) in [6.45, 7) is 6.88. The van der Waals surface area contributed by atoms with Crippen molar-refractivity contribution in [3.8, 4) is 17.2 Å². The zero-order valence-corrected chi connectivity index (χ0v) is 13.0. The predicted molar refractivity (Wildman–Crippen MR) is 81.7 cm³/mol. The molecule has 0 fully saturated rings. The second kappa shape index (κ2) is 7.28. The van der Waals surface area contributed by atoms with E-state index in [0.717, 1.165) is 12.2 Å². The largest absolute Gasteiger partial charge is 0.497 e. The Morgan fingerprint density at radius 2 is 1.56 bits per heavy atom. The fourth-order valence-electron chi connectivity index (χ4n) is 2.09. The molecule has 2 heteroatoms. The molecule has 1 aromatic rings. The molecule has 0 radical (unpaired) electrons. The van der Waals surface area contributed by atoms with Crippen LogP contribution in [0.15, 0.2) is 24.3 Å². The Labute approximate surface area is 113 Å². The highest BCUT2D eigenvalue weighted by Gasteiger charge is 2.23. The van der Waals surface area contributed by atoms with E-state index in [9.17, 15) is 0 Å². The summed E-state index contributed by atoms with van der Waals surface area (Å²) in [6, 6.07) is 12.0. The molecule has 0 aliphatic carbocycles. The second-order valence-electron chi connectivity index (χ2n) is 4.67. The van der Waals surface area contributed by atoms with Crippen LogP contribution in [0, 0.1) is 11.5 Å². The molecule has 0 unspecified atom stereocenters. The first-order valence-corrected chi connectivity index (χ1v) is 9.44. The summed E-state index contributed by atoms with van der Waals surface area (Å²) in [5.41, 5.74) is 4.89. The number of ether oxygens (including phenoxy) is 1. The summed E-state index contributed by atoms with van der Waals surface area (Å²) in [5, 5.41) is 0. The average molecular weight is 260 g/mol. The molecule has 0 aromatic heterocycles. The van der Waals surface area contributed by atoms with Crippen LogP contribution in [0.25, 0.3) is 0 Å². The Morgan fingerprint density at radius 1 is 1.00 bits per heavy atom. The van der Waals surface area contributed by atoms with Gasteiger partial charge in [-0.2, -0.15) is 0 Å². The van der Waals surface area contributed by atoms with Gasteiger partial charge in [0.25, 0.3) is 0 Å². The zero-order valence-electron chi connectivity index (χ0n) is 12.0. The minimum absolute atomic E-state index is 0.860. The van der Waals surface area contributed by atoms with E-state index in [4.69, 9.17) is 4.74 Å². The normalized spacial score (nSPS) is 10.7. The Morgan fingerprint density at radius 3 is 2.00 bits per heavy atom. The maximum atomic E-state index is 5.15. The molecule has 0 saturated carbocycles. The van der Waals surface area contributed by atoms with Crippen LogP contribution in [0.1, 0.15) is 26.3 Å². The summed E-state index contributed by atoms with van der Waals surface area (Å²) >= 11 is 0. The summed E-state index contributed by atoms with van der Waals surface area (Å²) in [4.78, 5) is 0. The smallest absolute Gasteiger partial charge is 0.137 e. The lowest BCUT2D eigenvalue weighted by atomic mass is 10.1. The van der Waals surface area contributed by atoms with Crippen molar-refractivity contribution in [3.63, 3.8) is 0 Å². The third-order valence-corrected chi connectivity index (χ3v) is 8.60. The van der Waals surface area contributed by atoms with Gasteiger partial charge in [0, 0.05) is 6.42 Å². The molecule has 1 nitrogen and oxygen atoms in total. The first-order valence-electron chi connectivity index (χ1n) is 6.82. The quantitative estimate of drug-likeness (QED) is 0.567. The summed E-state index contributed by atoms with van der Waals surface area (Å²) in [7, 11) is 0.418. The van der Waals surface area contributed by atoms with Crippen LogP contribution in [0.5, 0.6) is 5.75 Å². The number of benzene rings is 1. The molecule has 0 bridgehead atoms. The highest BCUT2D eigenvalue weighted by atomic mass is 28.3. The monoisotopic (exact) mass is 260 g/mol. The number of rotatable bonds is 5. The Bertz CT molecular complexity index is 399. The van der Waals surface area contributed by atoms with Crippen LogP contribution in [-0.4, -0.2) is 15.2 Å². The van der Waals surface area contributed by atoms with E-state index in [1.165, 1.54) is 23.7 Å². The third-order valence-electron chi connectivity index (χ3n) is 3.84. The second-order valence-corrected chi connectivity index (χ2v) is 9.60. The molecule has 0 aliphatic rings. The fourth-order valence-corrected chi connectivity index (χ4v) is 4.59. The van der Waals surface area contributed by atoms with Gasteiger partial charge in [0.1, 0.15) is 13.8 Å². The minimum Gasteiger partial charge on any atom is -0.497 e. The zero-order chi connectivity index (χ0) is 13.4. The molecule has 1 rings (SSSR count). The summed E-state index contributed by atoms with van der Waals surface area (Å²) in [6.07, 6.45) is 0.860. The molecule has 0 N–H and O–H groups in total. The SMILES string of the molecule is CC[Si](C#CCc1ccc(OC)cc1)(CC)CC. The summed E-state index contributed by atoms with van der Waals surface area (Å²) in [5.74, 6) is 4.31. The predicted octanol–water partition coefficient (Wildman–Crippen LogP) is 4.29. The van der Waals surface area contributed by atoms with E-state index in [0.29, 0.717) is 0 Å². The van der Waals surface area contributed by atoms with Crippen LogP contribution in [0.2, 0.25) is 18.1 Å². The molecule has 0 atom stereocenters. The molecule has 18 heavy (non-hydrogen) atoms. The summed E-state index contributed by atoms with van der Waals surface area (Å²) < 4.78 is 5.15. The molecular formula is C16H24OSi. The molecular weight excluding hydrogens is 236 g/mol. The van der Waals surface area contributed by atoms with Crippen LogP contribution in [-0.2, 0) is 6.42 Å². The van der Waals surface area contributed by atoms with Crippen LogP contribution >= 0.6 is 0 Å². The van der Waals surface area contributed by atoms with Crippen LogP contribution in [0.3, 0.4) is 0 Å². The first kappa shape index (κ1) is 14.9. The fraction of sp³-hybridized carbons (Fsp3) is 0.500. The average Bonchev–Trinajstić information content (AvgIpc) is 2.45. The van der Waals surface area contributed by atoms with Gasteiger partial charge < -0.3 is 4.74 Å². The standard InChI is InChI=1S/C16H24OSi/c1-5-18(6-2,7-3)14-8-9-15-10-12-16(17-4)13-11-15/h10-13H,5-7,9H2,1-4H3. The topological polar surface area (TPSA) is 9.23 Å². The Hall–Kier alpha value is -1.20. The number of hydrogen-bond donors (Lipinski definition) is 0. The van der Waals surface area contributed by atoms with E-state index in [2.05, 4.69) is 44.4 Å². The molecule has 0 aliphatic heterocycles. The third kappa shape index (κ3) is 3.92. The van der Waals surface area contributed by atoms with Crippen molar-refractivity contribution < 1.29 is 4.74 Å². The van der Waals surface area contributed by atoms with E-state index >= 15 is 0 Å². The maximum absolute atomic E-state index is 5.15. The number of hydrogen-bond acceptors (Lipinski definition) is 1. The number of methoxy groups -OCH3 is 1. The van der Waals surface area contributed by atoms with E-state index < -0.39 is 8.07 Å². The van der Waals surface area contributed by atoms with E-state index in [-0.39, 0.29) is 0 Å². The van der Waals surface area contributed by atoms with Crippen molar-refractivity contribution in [2.75, 3.05) is 7.11 Å². The van der Waals surface area contributed by atoms with Crippen LogP contribution < -0.4 is 4.74 Å². The van der Waals surface area contributed by atoms with Gasteiger partial charge in [-0.1, -0.05) is 32.9 Å². The van der Waals surface area contributed by atoms with Crippen molar-refractivity contribution in [3.05, 3.63) is 29.8 Å². The maximum Gasteiger partial charge on any atom is 0.137 e. The van der Waals surface area contributed by atoms with E-state index in [1.54, 1.807) is 7.11 Å². The lowest BCUT2D eigenvalue weighted by molar-refractivity contribution is 0.414. The van der Waals surface area contributed by atoms with Gasteiger partial charge >= 0.3 is 0 Å². The van der Waals surface area contributed by atoms with Crippen molar-refractivity contribution in [2.24, 2.45) is 0 Å². The van der Waals surface area contributed by atoms with Gasteiger partial charge in [0.2, 0.25) is 0 Å². The lowest BCUT2D eigenvalue weighted by Crippen LogP contribution is -2.29. The molecule has 0 heterocycles. The van der Waals surface area contributed by atoms with Gasteiger partial charge in [-0.3, -0.25) is 0 Å². The van der Waals surface area contributed by atoms with Gasteiger partial charge in [0.15, 0.2) is 0 Å². The van der Waals surface area contributed by atoms with Crippen molar-refractivity contribution in [1.82, 2.24) is 0 Å². The molecule has 0 saturated heterocycles. The van der Waals surface area contributed by atoms with E-state index in [1.807, 2.05) is 12.1 Å². The molecule has 0 amide bonds. The van der Waals surface area contributed by atoms with Gasteiger partial charge in [-0.05, 0) is 35.8 Å². The lowest BCUT2D eigenvalue weighted by Gasteiger charge is -2.20. The highest BCUT2D eigenvalue weighted by Crippen LogP contribution is 2.19. The molecule has 0 spiro atoms. The van der Waals surface area contributed by atoms with Gasteiger partial charge in [0.05, 0.1) is 7.11 Å². The first-order chi connectivity index (χ1) is 8.69. The van der Waals surface area contributed by atoms with Crippen molar-refractivity contribution >= 4 is 8.07 Å². The Kier molecular flexibility index (Phi) is 6.01. The molecule has 98 valence electrons. The highest BCUT2D eigenvalue weighted by molar-refractivity contribution is 6.87. The van der Waals surface area contributed by atoms with Crippen molar-refractivity contribution in [1.29, 1.82) is 0 Å².